The van der Waals surface area contributed by atoms with E-state index in [-0.39, 0.29) is 23.4 Å². The number of hydrogen-bond donors (Lipinski definition) is 0. The molecule has 0 N–H and O–H groups in total. The Morgan fingerprint density at radius 3 is 2.42 bits per heavy atom. The molecule has 0 saturated carbocycles. The summed E-state index contributed by atoms with van der Waals surface area (Å²) in [6.45, 7) is 1.54. The van der Waals surface area contributed by atoms with Crippen LogP contribution in [0.1, 0.15) is 36.8 Å². The van der Waals surface area contributed by atoms with Crippen LogP contribution in [-0.4, -0.2) is 44.3 Å². The van der Waals surface area contributed by atoms with E-state index < -0.39 is 21.8 Å². The fourth-order valence-electron chi connectivity index (χ4n) is 5.00. The van der Waals surface area contributed by atoms with Gasteiger partial charge in [0, 0.05) is 19.6 Å². The fourth-order valence-corrected chi connectivity index (χ4v) is 6.54. The van der Waals surface area contributed by atoms with Crippen LogP contribution in [0.15, 0.2) is 47.4 Å². The van der Waals surface area contributed by atoms with Crippen molar-refractivity contribution in [2.24, 2.45) is 0 Å². The lowest BCUT2D eigenvalue weighted by Crippen LogP contribution is -2.50. The van der Waals surface area contributed by atoms with Gasteiger partial charge in [-0.25, -0.2) is 8.42 Å². The normalized spacial score (nSPS) is 21.4. The number of sulfonamides is 1. The van der Waals surface area contributed by atoms with Crippen LogP contribution in [0.5, 0.6) is 0 Å². The minimum atomic E-state index is -4.49. The smallest absolute Gasteiger partial charge is 0.358 e. The molecule has 5 rings (SSSR count). The molecule has 0 unspecified atom stereocenters. The van der Waals surface area contributed by atoms with Crippen LogP contribution in [-0.2, 0) is 27.5 Å². The Labute approximate surface area is 190 Å². The third kappa shape index (κ3) is 3.89. The van der Waals surface area contributed by atoms with Crippen LogP contribution in [0.2, 0.25) is 0 Å². The molecule has 0 aliphatic carbocycles. The van der Waals surface area contributed by atoms with Crippen molar-refractivity contribution in [2.75, 3.05) is 29.4 Å². The molecule has 2 fully saturated rings. The number of nitrogens with zero attached hydrogens (tertiary/aromatic N) is 3. The Kier molecular flexibility index (Phi) is 5.40. The molecular weight excluding hydrogens is 455 g/mol. The number of alkyl halides is 3. The van der Waals surface area contributed by atoms with Gasteiger partial charge in [-0.3, -0.25) is 4.79 Å². The van der Waals surface area contributed by atoms with Crippen molar-refractivity contribution in [3.05, 3.63) is 53.6 Å². The van der Waals surface area contributed by atoms with Gasteiger partial charge in [-0.15, -0.1) is 0 Å². The summed E-state index contributed by atoms with van der Waals surface area (Å²) in [7, 11) is -3.71. The largest absolute Gasteiger partial charge is 0.416 e. The molecule has 0 aromatic heterocycles. The molecule has 1 amide bonds. The standard InChI is InChI=1S/C23H24F3N3O3S/c24-23(25,26)17-6-3-5-16(13-17)15-29-21-14-18(33(31,32)27-10-1-2-11-27)8-9-19(21)28-12-4-7-20(28)22(29)30/h3,5-6,8-9,13-14,20H,1-2,4,7,10-12,15H2/t20-/m0/s1. The zero-order chi connectivity index (χ0) is 23.4. The summed E-state index contributed by atoms with van der Waals surface area (Å²) in [5.74, 6) is -0.215. The second-order valence-electron chi connectivity index (χ2n) is 8.74. The lowest BCUT2D eigenvalue weighted by Gasteiger charge is -2.40. The molecule has 3 aliphatic rings. The van der Waals surface area contributed by atoms with Gasteiger partial charge in [0.25, 0.3) is 0 Å². The van der Waals surface area contributed by atoms with E-state index in [0.29, 0.717) is 37.3 Å². The molecular formula is C23H24F3N3O3S. The number of carbonyl (C=O) groups excluding carboxylic acids is 1. The molecule has 0 bridgehead atoms. The van der Waals surface area contributed by atoms with Crippen molar-refractivity contribution in [3.8, 4) is 0 Å². The topological polar surface area (TPSA) is 60.9 Å². The third-order valence-electron chi connectivity index (χ3n) is 6.65. The van der Waals surface area contributed by atoms with E-state index in [1.807, 2.05) is 4.90 Å². The first kappa shape index (κ1) is 22.2. The number of hydrogen-bond acceptors (Lipinski definition) is 4. The predicted octanol–water partition coefficient (Wildman–Crippen LogP) is 4.01. The van der Waals surface area contributed by atoms with E-state index in [9.17, 15) is 26.4 Å². The first-order valence-corrected chi connectivity index (χ1v) is 12.5. The number of benzene rings is 2. The maximum Gasteiger partial charge on any atom is 0.416 e. The maximum atomic E-state index is 13.4. The van der Waals surface area contributed by atoms with E-state index in [2.05, 4.69) is 0 Å². The molecule has 2 aromatic rings. The highest BCUT2D eigenvalue weighted by Gasteiger charge is 2.42. The average molecular weight is 480 g/mol. The molecule has 176 valence electrons. The molecule has 2 aromatic carbocycles. The predicted molar refractivity (Wildman–Crippen MR) is 117 cm³/mol. The molecule has 3 heterocycles. The highest BCUT2D eigenvalue weighted by atomic mass is 32.2. The Morgan fingerprint density at radius 1 is 0.939 bits per heavy atom. The van der Waals surface area contributed by atoms with E-state index in [0.717, 1.165) is 37.1 Å². The minimum Gasteiger partial charge on any atom is -0.358 e. The average Bonchev–Trinajstić information content (AvgIpc) is 3.49. The molecule has 2 saturated heterocycles. The number of fused-ring (bicyclic) bond motifs is 3. The van der Waals surface area contributed by atoms with Crippen LogP contribution in [0.3, 0.4) is 0 Å². The van der Waals surface area contributed by atoms with Crippen LogP contribution in [0.25, 0.3) is 0 Å². The summed E-state index contributed by atoms with van der Waals surface area (Å²) < 4.78 is 67.3. The molecule has 10 heteroatoms. The highest BCUT2D eigenvalue weighted by molar-refractivity contribution is 7.89. The maximum absolute atomic E-state index is 13.4. The van der Waals surface area contributed by atoms with Gasteiger partial charge in [0.2, 0.25) is 15.9 Å². The van der Waals surface area contributed by atoms with Crippen molar-refractivity contribution < 1.29 is 26.4 Å². The highest BCUT2D eigenvalue weighted by Crippen LogP contribution is 2.42. The Morgan fingerprint density at radius 2 is 1.70 bits per heavy atom. The second kappa shape index (κ2) is 8.02. The van der Waals surface area contributed by atoms with Gasteiger partial charge in [0.05, 0.1) is 28.4 Å². The van der Waals surface area contributed by atoms with Crippen molar-refractivity contribution >= 4 is 27.3 Å². The van der Waals surface area contributed by atoms with Crippen molar-refractivity contribution in [1.82, 2.24) is 4.31 Å². The van der Waals surface area contributed by atoms with E-state index in [1.54, 1.807) is 18.2 Å². The summed E-state index contributed by atoms with van der Waals surface area (Å²) in [4.78, 5) is 16.9. The molecule has 6 nitrogen and oxygen atoms in total. The molecule has 33 heavy (non-hydrogen) atoms. The Bertz CT molecular complexity index is 1190. The van der Waals surface area contributed by atoms with Gasteiger partial charge in [0.15, 0.2) is 0 Å². The van der Waals surface area contributed by atoms with Crippen molar-refractivity contribution in [2.45, 2.75) is 49.3 Å². The fraction of sp³-hybridized carbons (Fsp3) is 0.435. The van der Waals surface area contributed by atoms with E-state index in [1.165, 1.54) is 21.3 Å². The van der Waals surface area contributed by atoms with Crippen LogP contribution < -0.4 is 9.80 Å². The third-order valence-corrected chi connectivity index (χ3v) is 8.54. The van der Waals surface area contributed by atoms with Crippen LogP contribution in [0.4, 0.5) is 24.5 Å². The van der Waals surface area contributed by atoms with Crippen LogP contribution in [0, 0.1) is 0 Å². The number of anilines is 2. The van der Waals surface area contributed by atoms with Crippen LogP contribution >= 0.6 is 0 Å². The van der Waals surface area contributed by atoms with Crippen molar-refractivity contribution in [3.63, 3.8) is 0 Å². The van der Waals surface area contributed by atoms with Gasteiger partial charge >= 0.3 is 6.18 Å². The number of carbonyl (C=O) groups is 1. The second-order valence-corrected chi connectivity index (χ2v) is 10.7. The van der Waals surface area contributed by atoms with E-state index >= 15 is 0 Å². The summed E-state index contributed by atoms with van der Waals surface area (Å²) in [6, 6.07) is 9.32. The minimum absolute atomic E-state index is 0.0622. The summed E-state index contributed by atoms with van der Waals surface area (Å²) in [5.41, 5.74) is 0.723. The monoisotopic (exact) mass is 479 g/mol. The zero-order valence-corrected chi connectivity index (χ0v) is 18.7. The Balaban J connectivity index is 1.56. The summed E-state index contributed by atoms with van der Waals surface area (Å²) in [5, 5.41) is 0. The number of rotatable bonds is 4. The SMILES string of the molecule is O=C1[C@@H]2CCCN2c2ccc(S(=O)(=O)N3CCCC3)cc2N1Cc1cccc(C(F)(F)F)c1. The van der Waals surface area contributed by atoms with Gasteiger partial charge in [0.1, 0.15) is 6.04 Å². The van der Waals surface area contributed by atoms with Crippen molar-refractivity contribution in [1.29, 1.82) is 0 Å². The van der Waals surface area contributed by atoms with Gasteiger partial charge in [-0.2, -0.15) is 17.5 Å². The number of amides is 1. The number of halogens is 3. The zero-order valence-electron chi connectivity index (χ0n) is 17.9. The van der Waals surface area contributed by atoms with Gasteiger partial charge < -0.3 is 9.80 Å². The van der Waals surface area contributed by atoms with Gasteiger partial charge in [-0.05, 0) is 61.6 Å². The van der Waals surface area contributed by atoms with Gasteiger partial charge in [-0.1, -0.05) is 12.1 Å². The lowest BCUT2D eigenvalue weighted by molar-refractivity contribution is -0.137. The van der Waals surface area contributed by atoms with E-state index in [4.69, 9.17) is 0 Å². The first-order valence-electron chi connectivity index (χ1n) is 11.0. The molecule has 0 radical (unpaired) electrons. The summed E-state index contributed by atoms with van der Waals surface area (Å²) in [6.07, 6.45) is -1.40. The molecule has 0 spiro atoms. The Hall–Kier alpha value is -2.59. The molecule has 1 atom stereocenters. The molecule has 3 aliphatic heterocycles. The lowest BCUT2D eigenvalue weighted by atomic mass is 10.0. The quantitative estimate of drug-likeness (QED) is 0.665. The first-order chi connectivity index (χ1) is 15.7. The summed E-state index contributed by atoms with van der Waals surface area (Å²) >= 11 is 0.